The van der Waals surface area contributed by atoms with Crippen molar-refractivity contribution in [2.45, 2.75) is 32.4 Å². The Morgan fingerprint density at radius 1 is 1.07 bits per heavy atom. The van der Waals surface area contributed by atoms with E-state index in [4.69, 9.17) is 14.5 Å². The molecule has 1 fully saturated rings. The summed E-state index contributed by atoms with van der Waals surface area (Å²) in [6.07, 6.45) is 2.39. The van der Waals surface area contributed by atoms with Crippen molar-refractivity contribution >= 4 is 11.3 Å². The lowest BCUT2D eigenvalue weighted by molar-refractivity contribution is 0.170. The fourth-order valence-corrected chi connectivity index (χ4v) is 4.89. The maximum Gasteiger partial charge on any atom is 0.161 e. The van der Waals surface area contributed by atoms with Crippen LogP contribution in [0.4, 0.5) is 0 Å². The van der Waals surface area contributed by atoms with E-state index in [2.05, 4.69) is 59.7 Å². The number of nitrogens with zero attached hydrogens (tertiary/aromatic N) is 2. The number of fused-ring (bicyclic) bond motifs is 1. The minimum Gasteiger partial charge on any atom is -0.486 e. The minimum absolute atomic E-state index is 0.417. The molecule has 1 unspecified atom stereocenters. The first-order valence-corrected chi connectivity index (χ1v) is 10.8. The molecule has 0 saturated carbocycles. The number of likely N-dealkylation sites (tertiary alicyclic amines) is 1. The number of ether oxygens (including phenoxy) is 2. The molecule has 2 aliphatic heterocycles. The number of hydrogen-bond donors (Lipinski definition) is 0. The van der Waals surface area contributed by atoms with Crippen molar-refractivity contribution in [3.8, 4) is 22.1 Å². The van der Waals surface area contributed by atoms with Crippen molar-refractivity contribution < 1.29 is 9.47 Å². The topological polar surface area (TPSA) is 34.6 Å². The van der Waals surface area contributed by atoms with E-state index in [9.17, 15) is 0 Å². The van der Waals surface area contributed by atoms with Gasteiger partial charge in [0.05, 0.1) is 5.69 Å². The average Bonchev–Trinajstić information content (AvgIpc) is 3.38. The third kappa shape index (κ3) is 3.52. The molecule has 1 saturated heterocycles. The Morgan fingerprint density at radius 2 is 1.89 bits per heavy atom. The van der Waals surface area contributed by atoms with Crippen molar-refractivity contribution in [1.29, 1.82) is 0 Å². The van der Waals surface area contributed by atoms with Gasteiger partial charge in [-0.2, -0.15) is 0 Å². The first-order chi connectivity index (χ1) is 13.8. The van der Waals surface area contributed by atoms with Crippen LogP contribution < -0.4 is 9.47 Å². The van der Waals surface area contributed by atoms with E-state index in [1.807, 2.05) is 0 Å². The van der Waals surface area contributed by atoms with Gasteiger partial charge in [0.25, 0.3) is 0 Å². The molecule has 2 aromatic carbocycles. The number of rotatable bonds is 4. The molecule has 0 spiro atoms. The number of benzene rings is 2. The Labute approximate surface area is 169 Å². The van der Waals surface area contributed by atoms with E-state index in [-0.39, 0.29) is 0 Å². The lowest BCUT2D eigenvalue weighted by Crippen LogP contribution is -2.23. The summed E-state index contributed by atoms with van der Waals surface area (Å²) in [5, 5.41) is 3.30. The molecular weight excluding hydrogens is 368 g/mol. The van der Waals surface area contributed by atoms with Gasteiger partial charge in [0.1, 0.15) is 18.2 Å². The van der Waals surface area contributed by atoms with Crippen LogP contribution in [0.5, 0.6) is 11.5 Å². The monoisotopic (exact) mass is 392 g/mol. The number of aromatic nitrogens is 1. The molecule has 5 rings (SSSR count). The fourth-order valence-electron chi connectivity index (χ4n) is 4.08. The Morgan fingerprint density at radius 3 is 2.75 bits per heavy atom. The van der Waals surface area contributed by atoms with Crippen LogP contribution in [0.15, 0.2) is 47.8 Å². The molecular formula is C23H24N2O2S. The van der Waals surface area contributed by atoms with Crippen LogP contribution in [0.25, 0.3) is 10.6 Å². The number of thiazole rings is 1. The SMILES string of the molecule is Cc1ccc(-c2nc(CN3CCCC3c3ccc4c(c3)OCCO4)cs2)cc1. The zero-order valence-corrected chi connectivity index (χ0v) is 16.9. The highest BCUT2D eigenvalue weighted by atomic mass is 32.1. The second-order valence-electron chi connectivity index (χ2n) is 7.54. The summed E-state index contributed by atoms with van der Waals surface area (Å²) in [6.45, 7) is 5.38. The van der Waals surface area contributed by atoms with Crippen molar-refractivity contribution in [2.24, 2.45) is 0 Å². The van der Waals surface area contributed by atoms with E-state index in [1.165, 1.54) is 29.5 Å². The molecule has 5 heteroatoms. The molecule has 0 amide bonds. The summed E-state index contributed by atoms with van der Waals surface area (Å²) < 4.78 is 11.5. The summed E-state index contributed by atoms with van der Waals surface area (Å²) >= 11 is 1.73. The molecule has 2 aliphatic rings. The van der Waals surface area contributed by atoms with E-state index < -0.39 is 0 Å². The molecule has 1 atom stereocenters. The van der Waals surface area contributed by atoms with E-state index >= 15 is 0 Å². The number of aryl methyl sites for hydroxylation is 1. The lowest BCUT2D eigenvalue weighted by Gasteiger charge is -2.26. The van der Waals surface area contributed by atoms with Crippen LogP contribution in [0, 0.1) is 6.92 Å². The third-order valence-corrected chi connectivity index (χ3v) is 6.47. The molecule has 28 heavy (non-hydrogen) atoms. The van der Waals surface area contributed by atoms with Crippen molar-refractivity contribution in [3.63, 3.8) is 0 Å². The highest BCUT2D eigenvalue weighted by Crippen LogP contribution is 2.39. The van der Waals surface area contributed by atoms with Gasteiger partial charge in [-0.05, 0) is 44.0 Å². The van der Waals surface area contributed by atoms with E-state index in [1.54, 1.807) is 11.3 Å². The molecule has 0 aliphatic carbocycles. The van der Waals surface area contributed by atoms with Gasteiger partial charge >= 0.3 is 0 Å². The molecule has 0 N–H and O–H groups in total. The Kier molecular flexibility index (Phi) is 4.79. The van der Waals surface area contributed by atoms with Gasteiger partial charge in [-0.3, -0.25) is 4.90 Å². The van der Waals surface area contributed by atoms with Crippen molar-refractivity contribution in [1.82, 2.24) is 9.88 Å². The molecule has 3 heterocycles. The Balaban J connectivity index is 1.33. The average molecular weight is 393 g/mol. The van der Waals surface area contributed by atoms with Crippen LogP contribution in [-0.2, 0) is 6.54 Å². The zero-order valence-electron chi connectivity index (χ0n) is 16.1. The fraction of sp³-hybridized carbons (Fsp3) is 0.348. The van der Waals surface area contributed by atoms with Gasteiger partial charge in [-0.1, -0.05) is 35.9 Å². The van der Waals surface area contributed by atoms with Crippen LogP contribution in [0.2, 0.25) is 0 Å². The normalized spacial score (nSPS) is 19.1. The van der Waals surface area contributed by atoms with Crippen LogP contribution in [0.3, 0.4) is 0 Å². The molecule has 144 valence electrons. The second kappa shape index (κ2) is 7.57. The summed E-state index contributed by atoms with van der Waals surface area (Å²) in [7, 11) is 0. The van der Waals surface area contributed by atoms with E-state index in [0.29, 0.717) is 19.3 Å². The van der Waals surface area contributed by atoms with Gasteiger partial charge in [0.2, 0.25) is 0 Å². The smallest absolute Gasteiger partial charge is 0.161 e. The van der Waals surface area contributed by atoms with Crippen molar-refractivity contribution in [2.75, 3.05) is 19.8 Å². The maximum atomic E-state index is 5.78. The van der Waals surface area contributed by atoms with Gasteiger partial charge in [0, 0.05) is 23.5 Å². The quantitative estimate of drug-likeness (QED) is 0.609. The summed E-state index contributed by atoms with van der Waals surface area (Å²) in [5.74, 6) is 1.74. The molecule has 4 nitrogen and oxygen atoms in total. The summed E-state index contributed by atoms with van der Waals surface area (Å²) in [5.41, 5.74) is 4.95. The first-order valence-electron chi connectivity index (χ1n) is 9.91. The lowest BCUT2D eigenvalue weighted by atomic mass is 10.0. The molecule has 0 radical (unpaired) electrons. The molecule has 3 aromatic rings. The minimum atomic E-state index is 0.417. The zero-order chi connectivity index (χ0) is 18.9. The van der Waals surface area contributed by atoms with Gasteiger partial charge in [-0.15, -0.1) is 11.3 Å². The number of hydrogen-bond acceptors (Lipinski definition) is 5. The predicted molar refractivity (Wildman–Crippen MR) is 112 cm³/mol. The largest absolute Gasteiger partial charge is 0.486 e. The van der Waals surface area contributed by atoms with Gasteiger partial charge in [0.15, 0.2) is 11.5 Å². The van der Waals surface area contributed by atoms with Crippen LogP contribution in [-0.4, -0.2) is 29.6 Å². The molecule has 1 aromatic heterocycles. The van der Waals surface area contributed by atoms with Gasteiger partial charge < -0.3 is 9.47 Å². The second-order valence-corrected chi connectivity index (χ2v) is 8.40. The highest BCUT2D eigenvalue weighted by molar-refractivity contribution is 7.13. The first kappa shape index (κ1) is 17.7. The molecule has 0 bridgehead atoms. The highest BCUT2D eigenvalue weighted by Gasteiger charge is 2.28. The third-order valence-electron chi connectivity index (χ3n) is 5.53. The Hall–Kier alpha value is -2.37. The Bertz CT molecular complexity index is 967. The summed E-state index contributed by atoms with van der Waals surface area (Å²) in [4.78, 5) is 7.45. The van der Waals surface area contributed by atoms with E-state index in [0.717, 1.165) is 35.3 Å². The van der Waals surface area contributed by atoms with Gasteiger partial charge in [-0.25, -0.2) is 4.98 Å². The predicted octanol–water partition coefficient (Wildman–Crippen LogP) is 5.23. The van der Waals surface area contributed by atoms with Crippen molar-refractivity contribution in [3.05, 3.63) is 64.7 Å². The van der Waals surface area contributed by atoms with Crippen LogP contribution >= 0.6 is 11.3 Å². The maximum absolute atomic E-state index is 5.78. The standard InChI is InChI=1S/C23H24N2O2S/c1-16-4-6-17(7-5-16)23-24-19(15-28-23)14-25-10-2-3-20(25)18-8-9-21-22(13-18)27-12-11-26-21/h4-9,13,15,20H,2-3,10-12,14H2,1H3. The van der Waals surface area contributed by atoms with Crippen LogP contribution in [0.1, 0.15) is 35.7 Å². The summed E-state index contributed by atoms with van der Waals surface area (Å²) in [6, 6.07) is 15.4.